The zero-order chi connectivity index (χ0) is 12.2. The molecule has 1 atom stereocenters. The van der Waals surface area contributed by atoms with Crippen LogP contribution in [-0.2, 0) is 14.8 Å². The average molecular weight is 264 g/mol. The number of sulfonamides is 1. The second-order valence-electron chi connectivity index (χ2n) is 3.43. The van der Waals surface area contributed by atoms with Crippen LogP contribution in [0.1, 0.15) is 6.92 Å². The lowest BCUT2D eigenvalue weighted by Crippen LogP contribution is -2.35. The van der Waals surface area contributed by atoms with Gasteiger partial charge in [0.05, 0.1) is 11.5 Å². The van der Waals surface area contributed by atoms with E-state index in [9.17, 15) is 8.42 Å². The predicted molar refractivity (Wildman–Crippen MR) is 63.1 cm³/mol. The third-order valence-electron chi connectivity index (χ3n) is 1.90. The summed E-state index contributed by atoms with van der Waals surface area (Å²) in [5.74, 6) is 0. The van der Waals surface area contributed by atoms with E-state index in [1.165, 1.54) is 31.4 Å². The highest BCUT2D eigenvalue weighted by Crippen LogP contribution is 2.14. The van der Waals surface area contributed by atoms with Gasteiger partial charge in [-0.1, -0.05) is 11.6 Å². The lowest BCUT2D eigenvalue weighted by Gasteiger charge is -2.13. The van der Waals surface area contributed by atoms with Crippen LogP contribution in [0, 0.1) is 0 Å². The van der Waals surface area contributed by atoms with E-state index in [1.54, 1.807) is 6.92 Å². The molecule has 0 bridgehead atoms. The number of methoxy groups -OCH3 is 1. The minimum absolute atomic E-state index is 0.194. The summed E-state index contributed by atoms with van der Waals surface area (Å²) in [7, 11) is -1.97. The summed E-state index contributed by atoms with van der Waals surface area (Å²) in [6.45, 7) is 2.06. The van der Waals surface area contributed by atoms with Crippen molar-refractivity contribution in [3.63, 3.8) is 0 Å². The van der Waals surface area contributed by atoms with Gasteiger partial charge in [0.2, 0.25) is 10.0 Å². The normalized spacial score (nSPS) is 13.7. The Labute approximate surface area is 101 Å². The van der Waals surface area contributed by atoms with Crippen LogP contribution >= 0.6 is 11.6 Å². The van der Waals surface area contributed by atoms with Crippen LogP contribution in [0.5, 0.6) is 0 Å². The summed E-state index contributed by atoms with van der Waals surface area (Å²) in [5, 5.41) is 0.504. The van der Waals surface area contributed by atoms with E-state index in [4.69, 9.17) is 16.3 Å². The molecule has 6 heteroatoms. The van der Waals surface area contributed by atoms with Gasteiger partial charge in [-0.3, -0.25) is 0 Å². The van der Waals surface area contributed by atoms with Crippen molar-refractivity contribution in [2.24, 2.45) is 0 Å². The first-order valence-electron chi connectivity index (χ1n) is 4.72. The topological polar surface area (TPSA) is 55.4 Å². The van der Waals surface area contributed by atoms with E-state index < -0.39 is 10.0 Å². The van der Waals surface area contributed by atoms with Crippen LogP contribution in [0.4, 0.5) is 0 Å². The molecule has 16 heavy (non-hydrogen) atoms. The van der Waals surface area contributed by atoms with Gasteiger partial charge in [0, 0.05) is 18.2 Å². The highest BCUT2D eigenvalue weighted by atomic mass is 35.5. The first-order chi connectivity index (χ1) is 7.45. The number of hydrogen-bond donors (Lipinski definition) is 1. The standard InChI is InChI=1S/C10H14ClNO3S/c1-8(7-15-2)12-16(13,14)10-5-3-9(11)4-6-10/h3-6,8,12H,7H2,1-2H3/t8-/m0/s1. The van der Waals surface area contributed by atoms with E-state index in [0.717, 1.165) is 0 Å². The number of rotatable bonds is 5. The van der Waals surface area contributed by atoms with Gasteiger partial charge < -0.3 is 4.74 Å². The average Bonchev–Trinajstić information content (AvgIpc) is 2.17. The van der Waals surface area contributed by atoms with Crippen LogP contribution in [0.2, 0.25) is 5.02 Å². The highest BCUT2D eigenvalue weighted by Gasteiger charge is 2.16. The Bertz CT molecular complexity index is 430. The van der Waals surface area contributed by atoms with E-state index in [0.29, 0.717) is 11.6 Å². The molecule has 0 amide bonds. The molecular weight excluding hydrogens is 250 g/mol. The van der Waals surface area contributed by atoms with Crippen LogP contribution in [0.3, 0.4) is 0 Å². The van der Waals surface area contributed by atoms with Gasteiger partial charge in [-0.15, -0.1) is 0 Å². The predicted octanol–water partition coefficient (Wildman–Crippen LogP) is 1.65. The maximum Gasteiger partial charge on any atom is 0.240 e. The van der Waals surface area contributed by atoms with E-state index in [1.807, 2.05) is 0 Å². The first-order valence-corrected chi connectivity index (χ1v) is 6.58. The third kappa shape index (κ3) is 3.75. The number of nitrogens with one attached hydrogen (secondary N) is 1. The van der Waals surface area contributed by atoms with E-state index >= 15 is 0 Å². The molecule has 0 aliphatic carbocycles. The fourth-order valence-electron chi connectivity index (χ4n) is 1.23. The van der Waals surface area contributed by atoms with Crippen molar-refractivity contribution in [1.82, 2.24) is 4.72 Å². The summed E-state index contributed by atoms with van der Waals surface area (Å²) >= 11 is 5.68. The van der Waals surface area contributed by atoms with Crippen molar-refractivity contribution in [2.75, 3.05) is 13.7 Å². The molecule has 1 aromatic rings. The lowest BCUT2D eigenvalue weighted by molar-refractivity contribution is 0.180. The molecular formula is C10H14ClNO3S. The fraction of sp³-hybridized carbons (Fsp3) is 0.400. The van der Waals surface area contributed by atoms with Gasteiger partial charge in [0.25, 0.3) is 0 Å². The lowest BCUT2D eigenvalue weighted by atomic mass is 10.4. The maximum absolute atomic E-state index is 11.8. The number of ether oxygens (including phenoxy) is 1. The van der Waals surface area contributed by atoms with Gasteiger partial charge in [-0.2, -0.15) is 0 Å². The fourth-order valence-corrected chi connectivity index (χ4v) is 2.58. The van der Waals surface area contributed by atoms with Gasteiger partial charge in [-0.25, -0.2) is 13.1 Å². The minimum atomic E-state index is -3.49. The molecule has 0 aliphatic rings. The molecule has 1 aromatic carbocycles. The Kier molecular flexibility index (Phi) is 4.73. The second kappa shape index (κ2) is 5.63. The number of hydrogen-bond acceptors (Lipinski definition) is 3. The monoisotopic (exact) mass is 263 g/mol. The van der Waals surface area contributed by atoms with Gasteiger partial charge in [-0.05, 0) is 31.2 Å². The molecule has 0 saturated carbocycles. The Balaban J connectivity index is 2.82. The molecule has 0 heterocycles. The Hall–Kier alpha value is -0.620. The summed E-state index contributed by atoms with van der Waals surface area (Å²) in [6.07, 6.45) is 0. The van der Waals surface area contributed by atoms with Gasteiger partial charge in [0.15, 0.2) is 0 Å². The van der Waals surface area contributed by atoms with Crippen molar-refractivity contribution in [1.29, 1.82) is 0 Å². The van der Waals surface area contributed by atoms with Crippen molar-refractivity contribution in [3.8, 4) is 0 Å². The Morgan fingerprint density at radius 3 is 2.44 bits per heavy atom. The smallest absolute Gasteiger partial charge is 0.240 e. The summed E-state index contributed by atoms with van der Waals surface area (Å²) in [4.78, 5) is 0.194. The van der Waals surface area contributed by atoms with Crippen molar-refractivity contribution < 1.29 is 13.2 Å². The maximum atomic E-state index is 11.8. The zero-order valence-corrected chi connectivity index (χ0v) is 10.7. The van der Waals surface area contributed by atoms with Crippen molar-refractivity contribution in [2.45, 2.75) is 17.9 Å². The second-order valence-corrected chi connectivity index (χ2v) is 5.58. The molecule has 0 aliphatic heterocycles. The summed E-state index contributed by atoms with van der Waals surface area (Å²) in [5.41, 5.74) is 0. The largest absolute Gasteiger partial charge is 0.383 e. The molecule has 1 N–H and O–H groups in total. The van der Waals surface area contributed by atoms with Gasteiger partial charge >= 0.3 is 0 Å². The molecule has 0 saturated heterocycles. The molecule has 0 aromatic heterocycles. The van der Waals surface area contributed by atoms with Crippen LogP contribution in [-0.4, -0.2) is 28.2 Å². The molecule has 0 spiro atoms. The van der Waals surface area contributed by atoms with Gasteiger partial charge in [0.1, 0.15) is 0 Å². The van der Waals surface area contributed by atoms with Crippen LogP contribution in [0.25, 0.3) is 0 Å². The quantitative estimate of drug-likeness (QED) is 0.879. The van der Waals surface area contributed by atoms with Crippen LogP contribution < -0.4 is 4.72 Å². The van der Waals surface area contributed by atoms with E-state index in [-0.39, 0.29) is 10.9 Å². The van der Waals surface area contributed by atoms with E-state index in [2.05, 4.69) is 4.72 Å². The molecule has 90 valence electrons. The summed E-state index contributed by atoms with van der Waals surface area (Å²) in [6, 6.07) is 5.73. The number of halogens is 1. The molecule has 0 unspecified atom stereocenters. The Morgan fingerprint density at radius 1 is 1.38 bits per heavy atom. The third-order valence-corrected chi connectivity index (χ3v) is 3.75. The zero-order valence-electron chi connectivity index (χ0n) is 9.10. The Morgan fingerprint density at radius 2 is 1.94 bits per heavy atom. The summed E-state index contributed by atoms with van der Waals surface area (Å²) < 4.78 is 31.0. The molecule has 0 radical (unpaired) electrons. The first kappa shape index (κ1) is 13.4. The highest BCUT2D eigenvalue weighted by molar-refractivity contribution is 7.89. The molecule has 4 nitrogen and oxygen atoms in total. The van der Waals surface area contributed by atoms with Crippen LogP contribution in [0.15, 0.2) is 29.2 Å². The van der Waals surface area contributed by atoms with Crippen molar-refractivity contribution >= 4 is 21.6 Å². The minimum Gasteiger partial charge on any atom is -0.383 e. The molecule has 0 fully saturated rings. The SMILES string of the molecule is COC[C@H](C)NS(=O)(=O)c1ccc(Cl)cc1. The van der Waals surface area contributed by atoms with Crippen molar-refractivity contribution in [3.05, 3.63) is 29.3 Å². The molecule has 1 rings (SSSR count). The number of benzene rings is 1.